The van der Waals surface area contributed by atoms with Gasteiger partial charge in [-0.25, -0.2) is 4.79 Å². The van der Waals surface area contributed by atoms with Crippen LogP contribution < -0.4 is 10.2 Å². The predicted molar refractivity (Wildman–Crippen MR) is 108 cm³/mol. The smallest absolute Gasteiger partial charge is 0.331 e. The van der Waals surface area contributed by atoms with Crippen LogP contribution in [0.15, 0.2) is 46.6 Å². The molecule has 0 saturated carbocycles. The number of rotatable bonds is 4. The van der Waals surface area contributed by atoms with Crippen LogP contribution >= 0.6 is 0 Å². The molecule has 1 aromatic heterocycles. The topological polar surface area (TPSA) is 82.9 Å². The van der Waals surface area contributed by atoms with E-state index in [2.05, 4.69) is 16.3 Å². The Hall–Kier alpha value is -3.35. The number of furan rings is 1. The van der Waals surface area contributed by atoms with Gasteiger partial charge in [0.2, 0.25) is 0 Å². The summed E-state index contributed by atoms with van der Waals surface area (Å²) in [7, 11) is 0. The van der Waals surface area contributed by atoms with Gasteiger partial charge in [0.15, 0.2) is 0 Å². The fourth-order valence-electron chi connectivity index (χ4n) is 3.72. The average molecular weight is 393 g/mol. The molecule has 150 valence electrons. The van der Waals surface area contributed by atoms with Gasteiger partial charge in [-0.1, -0.05) is 6.07 Å². The van der Waals surface area contributed by atoms with Crippen molar-refractivity contribution in [1.29, 1.82) is 0 Å². The second-order valence-corrected chi connectivity index (χ2v) is 7.38. The molecule has 0 radical (unpaired) electrons. The minimum Gasteiger partial charge on any atom is -0.467 e. The molecule has 0 bridgehead atoms. The number of imide groups is 2. The molecule has 2 aliphatic heterocycles. The number of barbiturate groups is 1. The SMILES string of the molecule is Cc1cc(N2CCCCC2)ccc1C=C1C(=O)NC(=O)N(Cc2ccco2)C1=O. The molecule has 1 N–H and O–H groups in total. The molecular formula is C22H23N3O4. The average Bonchev–Trinajstić information content (AvgIpc) is 3.23. The Labute approximate surface area is 169 Å². The van der Waals surface area contributed by atoms with Gasteiger partial charge in [0.25, 0.3) is 11.8 Å². The highest BCUT2D eigenvalue weighted by Gasteiger charge is 2.36. The summed E-state index contributed by atoms with van der Waals surface area (Å²) in [5.74, 6) is -0.853. The number of urea groups is 1. The van der Waals surface area contributed by atoms with Gasteiger partial charge in [-0.05, 0) is 67.7 Å². The van der Waals surface area contributed by atoms with E-state index in [1.165, 1.54) is 25.5 Å². The van der Waals surface area contributed by atoms with Crippen molar-refractivity contribution >= 4 is 29.6 Å². The summed E-state index contributed by atoms with van der Waals surface area (Å²) in [6.45, 7) is 4.02. The van der Waals surface area contributed by atoms with Crippen molar-refractivity contribution in [2.75, 3.05) is 18.0 Å². The maximum Gasteiger partial charge on any atom is 0.331 e. The molecule has 29 heavy (non-hydrogen) atoms. The molecule has 2 fully saturated rings. The van der Waals surface area contributed by atoms with Crippen molar-refractivity contribution in [2.45, 2.75) is 32.7 Å². The number of hydrogen-bond acceptors (Lipinski definition) is 5. The molecule has 0 atom stereocenters. The van der Waals surface area contributed by atoms with Crippen LogP contribution in [-0.4, -0.2) is 35.8 Å². The lowest BCUT2D eigenvalue weighted by Gasteiger charge is -2.29. The first-order valence-corrected chi connectivity index (χ1v) is 9.80. The van der Waals surface area contributed by atoms with Crippen molar-refractivity contribution in [3.63, 3.8) is 0 Å². The first-order chi connectivity index (χ1) is 14.0. The number of hydrogen-bond donors (Lipinski definition) is 1. The zero-order valence-electron chi connectivity index (χ0n) is 16.3. The zero-order chi connectivity index (χ0) is 20.4. The lowest BCUT2D eigenvalue weighted by molar-refractivity contribution is -0.130. The van der Waals surface area contributed by atoms with E-state index in [-0.39, 0.29) is 12.1 Å². The molecule has 2 saturated heterocycles. The number of nitrogens with zero attached hydrogens (tertiary/aromatic N) is 2. The molecule has 7 heteroatoms. The monoisotopic (exact) mass is 393 g/mol. The summed E-state index contributed by atoms with van der Waals surface area (Å²) in [6.07, 6.45) is 6.67. The molecule has 1 aromatic carbocycles. The van der Waals surface area contributed by atoms with Gasteiger partial charge in [0.05, 0.1) is 12.8 Å². The molecular weight excluding hydrogens is 370 g/mol. The van der Waals surface area contributed by atoms with E-state index >= 15 is 0 Å². The molecule has 4 rings (SSSR count). The van der Waals surface area contributed by atoms with Gasteiger partial charge < -0.3 is 9.32 Å². The second kappa shape index (κ2) is 7.95. The molecule has 2 aliphatic rings. The van der Waals surface area contributed by atoms with E-state index in [0.717, 1.165) is 34.8 Å². The van der Waals surface area contributed by atoms with Crippen LogP contribution in [0.5, 0.6) is 0 Å². The lowest BCUT2D eigenvalue weighted by Crippen LogP contribution is -2.53. The van der Waals surface area contributed by atoms with E-state index in [1.807, 2.05) is 19.1 Å². The number of carbonyl (C=O) groups is 3. The van der Waals surface area contributed by atoms with Crippen LogP contribution in [0.3, 0.4) is 0 Å². The minimum absolute atomic E-state index is 0.0326. The third-order valence-corrected chi connectivity index (χ3v) is 5.35. The number of aryl methyl sites for hydroxylation is 1. The van der Waals surface area contributed by atoms with Gasteiger partial charge in [0.1, 0.15) is 11.3 Å². The van der Waals surface area contributed by atoms with Crippen molar-refractivity contribution in [3.05, 3.63) is 59.1 Å². The van der Waals surface area contributed by atoms with Crippen LogP contribution in [0.1, 0.15) is 36.1 Å². The van der Waals surface area contributed by atoms with Crippen LogP contribution in [0.4, 0.5) is 10.5 Å². The molecule has 0 unspecified atom stereocenters. The summed E-state index contributed by atoms with van der Waals surface area (Å²) >= 11 is 0. The van der Waals surface area contributed by atoms with Gasteiger partial charge >= 0.3 is 6.03 Å². The highest BCUT2D eigenvalue weighted by atomic mass is 16.3. The quantitative estimate of drug-likeness (QED) is 0.637. The van der Waals surface area contributed by atoms with Crippen LogP contribution in [0.25, 0.3) is 6.08 Å². The molecule has 3 heterocycles. The van der Waals surface area contributed by atoms with Crippen LogP contribution in [0.2, 0.25) is 0 Å². The molecule has 0 spiro atoms. The Balaban J connectivity index is 1.59. The van der Waals surface area contributed by atoms with Crippen molar-refractivity contribution in [3.8, 4) is 0 Å². The van der Waals surface area contributed by atoms with E-state index in [1.54, 1.807) is 18.2 Å². The van der Waals surface area contributed by atoms with E-state index in [0.29, 0.717) is 5.76 Å². The number of anilines is 1. The maximum absolute atomic E-state index is 12.8. The normalized spacial score (nSPS) is 19.1. The second-order valence-electron chi connectivity index (χ2n) is 7.38. The van der Waals surface area contributed by atoms with Crippen molar-refractivity contribution < 1.29 is 18.8 Å². The molecule has 4 amide bonds. The van der Waals surface area contributed by atoms with Crippen LogP contribution in [0, 0.1) is 6.92 Å². The standard InChI is InChI=1S/C22H23N3O4/c1-15-12-17(24-9-3-2-4-10-24)8-7-16(15)13-19-20(26)23-22(28)25(21(19)27)14-18-6-5-11-29-18/h5-8,11-13H,2-4,9-10,14H2,1H3,(H,23,26,28). The largest absolute Gasteiger partial charge is 0.467 e. The van der Waals surface area contributed by atoms with Crippen molar-refractivity contribution in [1.82, 2.24) is 10.2 Å². The molecule has 0 aliphatic carbocycles. The number of benzene rings is 1. The van der Waals surface area contributed by atoms with E-state index < -0.39 is 17.8 Å². The van der Waals surface area contributed by atoms with E-state index in [4.69, 9.17) is 4.42 Å². The Morgan fingerprint density at radius 2 is 1.90 bits per heavy atom. The third-order valence-electron chi connectivity index (χ3n) is 5.35. The summed E-state index contributed by atoms with van der Waals surface area (Å²) in [5.41, 5.74) is 2.83. The molecule has 2 aromatic rings. The lowest BCUT2D eigenvalue weighted by atomic mass is 10.0. The van der Waals surface area contributed by atoms with Gasteiger partial charge in [-0.15, -0.1) is 0 Å². The minimum atomic E-state index is -0.745. The summed E-state index contributed by atoms with van der Waals surface area (Å²) in [5, 5.41) is 2.23. The number of nitrogens with one attached hydrogen (secondary N) is 1. The van der Waals surface area contributed by atoms with Gasteiger partial charge in [-0.3, -0.25) is 19.8 Å². The van der Waals surface area contributed by atoms with Crippen molar-refractivity contribution in [2.24, 2.45) is 0 Å². The number of piperidine rings is 1. The van der Waals surface area contributed by atoms with E-state index in [9.17, 15) is 14.4 Å². The fourth-order valence-corrected chi connectivity index (χ4v) is 3.72. The first kappa shape index (κ1) is 19.0. The Bertz CT molecular complexity index is 972. The van der Waals surface area contributed by atoms with Gasteiger partial charge in [-0.2, -0.15) is 0 Å². The predicted octanol–water partition coefficient (Wildman–Crippen LogP) is 3.24. The highest BCUT2D eigenvalue weighted by molar-refractivity contribution is 6.31. The van der Waals surface area contributed by atoms with Crippen LogP contribution in [-0.2, 0) is 16.1 Å². The fraction of sp³-hybridized carbons (Fsp3) is 0.318. The Kier molecular flexibility index (Phi) is 5.20. The summed E-state index contributed by atoms with van der Waals surface area (Å²) < 4.78 is 5.22. The highest BCUT2D eigenvalue weighted by Crippen LogP contribution is 2.25. The summed E-state index contributed by atoms with van der Waals surface area (Å²) in [6, 6.07) is 8.61. The van der Waals surface area contributed by atoms with Gasteiger partial charge in [0, 0.05) is 18.8 Å². The zero-order valence-corrected chi connectivity index (χ0v) is 16.3. The Morgan fingerprint density at radius 3 is 2.59 bits per heavy atom. The maximum atomic E-state index is 12.8. The first-order valence-electron chi connectivity index (χ1n) is 9.80. The summed E-state index contributed by atoms with van der Waals surface area (Å²) in [4.78, 5) is 40.6. The Morgan fingerprint density at radius 1 is 1.10 bits per heavy atom. The number of carbonyl (C=O) groups excluding carboxylic acids is 3. The number of amides is 4. The molecule has 7 nitrogen and oxygen atoms in total. The third kappa shape index (κ3) is 3.94.